The van der Waals surface area contributed by atoms with Crippen LogP contribution in [-0.2, 0) is 4.57 Å². The molecule has 0 fully saturated rings. The van der Waals surface area contributed by atoms with Gasteiger partial charge in [0.2, 0.25) is 0 Å². The van der Waals surface area contributed by atoms with Gasteiger partial charge in [0.15, 0.2) is 0 Å². The molecule has 66 valence electrons. The maximum Gasteiger partial charge on any atom is 1.00 e. The minimum absolute atomic E-state index is 0. The quantitative estimate of drug-likeness (QED) is 0.220. The van der Waals surface area contributed by atoms with Crippen molar-refractivity contribution >= 4 is 14.0 Å². The van der Waals surface area contributed by atoms with Gasteiger partial charge in [0, 0.05) is 0 Å². The second kappa shape index (κ2) is 26.0. The fourth-order valence-electron chi connectivity index (χ4n) is 0. The molecule has 14 heavy (non-hydrogen) atoms. The smallest absolute Gasteiger partial charge is 1.00 e. The maximum absolute atomic E-state index is 8.88. The molecule has 0 aliphatic rings. The summed E-state index contributed by atoms with van der Waals surface area (Å²) in [7, 11) is -4.64. The first kappa shape index (κ1) is 42.9. The number of rotatable bonds is 0. The molecule has 0 saturated heterocycles. The van der Waals surface area contributed by atoms with E-state index in [2.05, 4.69) is 0 Å². The summed E-state index contributed by atoms with van der Waals surface area (Å²) in [5, 5.41) is 13.9. The van der Waals surface area contributed by atoms with Crippen molar-refractivity contribution < 1.29 is 191 Å². The zero-order valence-corrected chi connectivity index (χ0v) is 19.9. The van der Waals surface area contributed by atoms with Gasteiger partial charge in [0.05, 0.1) is 0 Å². The van der Waals surface area contributed by atoms with Crippen molar-refractivity contribution in [3.8, 4) is 0 Å². The van der Waals surface area contributed by atoms with Crippen LogP contribution in [0.2, 0.25) is 0 Å². The molecule has 0 bridgehead atoms. The average molecular weight is 281 g/mol. The number of carboxylic acid groups (broad SMARTS) is 2. The van der Waals surface area contributed by atoms with Gasteiger partial charge in [0.25, 0.3) is 0 Å². The van der Waals surface area contributed by atoms with Crippen LogP contribution in [0, 0.1) is 0 Å². The summed E-state index contributed by atoms with van der Waals surface area (Å²) < 4.78 is 8.88. The van der Waals surface area contributed by atoms with Gasteiger partial charge in [-0.05, 0) is 0 Å². The summed E-state index contributed by atoms with van der Waals surface area (Å²) in [5.41, 5.74) is 0. The summed E-state index contributed by atoms with van der Waals surface area (Å²) in [6, 6.07) is 0. The molecule has 13 heteroatoms. The van der Waals surface area contributed by atoms with E-state index in [9.17, 15) is 0 Å². The molecule has 7 nitrogen and oxygen atoms in total. The van der Waals surface area contributed by atoms with E-state index in [1.165, 1.54) is 0 Å². The number of carbonyl (C=O) groups is 1. The zero-order chi connectivity index (χ0) is 8.08. The molecule has 0 aromatic carbocycles. The standard InChI is InChI=1S/CH2O3.5Na.H3O4P.5H/c2-1(3)4;;;;;;1-5(2,3)4;;;;;/h(H2,2,3,4);;;;;;(H3,1,2,3,4);;;;;/q;5*+1;;5*-1/p+1. The van der Waals surface area contributed by atoms with Crippen LogP contribution in [0.4, 0.5) is 4.79 Å². The largest absolute Gasteiger partial charge is 1.00 e. The summed E-state index contributed by atoms with van der Waals surface area (Å²) in [6.07, 6.45) is -1.83. The molecular formula is CH11Na5O7P+. The van der Waals surface area contributed by atoms with Crippen molar-refractivity contribution in [3.63, 3.8) is 0 Å². The molecule has 0 aromatic heterocycles. The number of hydrogen-bond acceptors (Lipinski definition) is 2. The second-order valence-electron chi connectivity index (χ2n) is 0.796. The Kier molecular flexibility index (Phi) is 79.8. The molecule has 5 N–H and O–H groups in total. The summed E-state index contributed by atoms with van der Waals surface area (Å²) >= 11 is 0. The molecule has 0 aliphatic heterocycles. The molecular weight excluding hydrogens is 270 g/mol. The predicted molar refractivity (Wildman–Crippen MR) is 31.6 cm³/mol. The van der Waals surface area contributed by atoms with E-state index in [4.69, 9.17) is 34.3 Å². The molecule has 0 radical (unpaired) electrons. The molecule has 0 rings (SSSR count). The van der Waals surface area contributed by atoms with Gasteiger partial charge in [-0.2, -0.15) is 0 Å². The van der Waals surface area contributed by atoms with Crippen molar-refractivity contribution in [3.05, 3.63) is 0 Å². The van der Waals surface area contributed by atoms with Crippen LogP contribution in [0.1, 0.15) is 8.56 Å². The SMILES string of the molecule is O=C(O)O.O=P(O)(O)O.[H+].[H-].[H-].[H-].[H-].[H-].[Na+].[Na+].[Na+].[Na+].[Na+]. The van der Waals surface area contributed by atoms with Gasteiger partial charge >= 0.3 is 163 Å². The molecule has 0 spiro atoms. The van der Waals surface area contributed by atoms with Crippen LogP contribution in [0.15, 0.2) is 0 Å². The Morgan fingerprint density at radius 2 is 0.929 bits per heavy atom. The number of phosphoric acid groups is 1. The average Bonchev–Trinajstić information content (AvgIpc) is 1.19. The summed E-state index contributed by atoms with van der Waals surface area (Å²) in [6.45, 7) is 0. The third-order valence-electron chi connectivity index (χ3n) is 0. The van der Waals surface area contributed by atoms with Gasteiger partial charge in [0.1, 0.15) is 0 Å². The maximum atomic E-state index is 8.88. The Morgan fingerprint density at radius 1 is 0.929 bits per heavy atom. The fourth-order valence-corrected chi connectivity index (χ4v) is 0. The summed E-state index contributed by atoms with van der Waals surface area (Å²) in [4.78, 5) is 30.1. The van der Waals surface area contributed by atoms with Crippen molar-refractivity contribution in [1.29, 1.82) is 0 Å². The summed E-state index contributed by atoms with van der Waals surface area (Å²) in [5.74, 6) is 0. The van der Waals surface area contributed by atoms with Crippen LogP contribution in [0.5, 0.6) is 0 Å². The Morgan fingerprint density at radius 3 is 0.929 bits per heavy atom. The van der Waals surface area contributed by atoms with Gasteiger partial charge in [-0.1, -0.05) is 0 Å². The molecule has 0 aromatic rings. The molecule has 0 atom stereocenters. The third kappa shape index (κ3) is 202. The monoisotopic (exact) mass is 281 g/mol. The first-order chi connectivity index (χ1) is 3.73. The molecule has 0 saturated carbocycles. The van der Waals surface area contributed by atoms with E-state index < -0.39 is 14.0 Å². The predicted octanol–water partition coefficient (Wildman–Crippen LogP) is -15.0. The van der Waals surface area contributed by atoms with E-state index >= 15 is 0 Å². The molecule has 0 aliphatic carbocycles. The number of hydrogen-bond donors (Lipinski definition) is 5. The molecule has 0 amide bonds. The van der Waals surface area contributed by atoms with Crippen molar-refractivity contribution in [1.82, 2.24) is 0 Å². The minimum atomic E-state index is -4.64. The minimum Gasteiger partial charge on any atom is -1.00 e. The Balaban J connectivity index is -0.00000000289. The Labute approximate surface area is 200 Å². The normalized spacial score (nSPS) is 5.93. The molecule has 0 heterocycles. The van der Waals surface area contributed by atoms with E-state index in [-0.39, 0.29) is 156 Å². The molecule has 0 unspecified atom stereocenters. The second-order valence-corrected chi connectivity index (χ2v) is 1.82. The van der Waals surface area contributed by atoms with Crippen LogP contribution >= 0.6 is 7.82 Å². The Hall–Kier alpha value is 4.38. The van der Waals surface area contributed by atoms with Crippen molar-refractivity contribution in [2.45, 2.75) is 0 Å². The van der Waals surface area contributed by atoms with E-state index in [1.807, 2.05) is 0 Å². The van der Waals surface area contributed by atoms with Gasteiger partial charge in [-0.3, -0.25) is 0 Å². The van der Waals surface area contributed by atoms with Crippen LogP contribution < -0.4 is 148 Å². The Bertz CT molecular complexity index is 139. The first-order valence-corrected chi connectivity index (χ1v) is 3.00. The van der Waals surface area contributed by atoms with E-state index in [1.54, 1.807) is 0 Å². The zero-order valence-electron chi connectivity index (χ0n) is 15.0. The van der Waals surface area contributed by atoms with E-state index in [0.29, 0.717) is 0 Å². The first-order valence-electron chi connectivity index (χ1n) is 1.43. The van der Waals surface area contributed by atoms with Crippen LogP contribution in [0.3, 0.4) is 0 Å². The fraction of sp³-hybridized carbons (Fsp3) is 0. The van der Waals surface area contributed by atoms with Gasteiger partial charge in [-0.15, -0.1) is 0 Å². The van der Waals surface area contributed by atoms with Gasteiger partial charge in [-0.25, -0.2) is 9.36 Å². The van der Waals surface area contributed by atoms with Crippen molar-refractivity contribution in [2.24, 2.45) is 0 Å². The third-order valence-corrected chi connectivity index (χ3v) is 0. The van der Waals surface area contributed by atoms with Gasteiger partial charge < -0.3 is 32.0 Å². The van der Waals surface area contributed by atoms with E-state index in [0.717, 1.165) is 0 Å². The van der Waals surface area contributed by atoms with Crippen LogP contribution in [0.25, 0.3) is 0 Å². The topological polar surface area (TPSA) is 135 Å². The van der Waals surface area contributed by atoms with Crippen LogP contribution in [-0.4, -0.2) is 31.0 Å². The van der Waals surface area contributed by atoms with Crippen molar-refractivity contribution in [2.75, 3.05) is 0 Å².